The second-order valence-electron chi connectivity index (χ2n) is 7.41. The zero-order valence-corrected chi connectivity index (χ0v) is 17.8. The molecule has 0 N–H and O–H groups in total. The summed E-state index contributed by atoms with van der Waals surface area (Å²) in [4.78, 5) is 14.6. The number of nitrogens with zero attached hydrogens (tertiary/aromatic N) is 3. The standard InChI is InChI=1S/C23H25N3O5/c1-4-9-26(14-21-24-25-23(31-21)18-6-5-10-29-18)22(27)8-7-16-12-20-17(11-15(2)30-20)13-19(16)28-3/h5-8,10,12-13,15H,4,9,11,14H2,1-3H3. The summed E-state index contributed by atoms with van der Waals surface area (Å²) in [5.41, 5.74) is 1.90. The molecule has 1 aliphatic rings. The first-order valence-electron chi connectivity index (χ1n) is 10.3. The third-order valence-electron chi connectivity index (χ3n) is 4.98. The van der Waals surface area contributed by atoms with E-state index in [4.69, 9.17) is 18.3 Å². The number of aromatic nitrogens is 2. The van der Waals surface area contributed by atoms with Gasteiger partial charge < -0.3 is 23.2 Å². The van der Waals surface area contributed by atoms with Crippen LogP contribution in [0.25, 0.3) is 17.7 Å². The fourth-order valence-corrected chi connectivity index (χ4v) is 3.55. The molecule has 8 heteroatoms. The molecule has 0 saturated heterocycles. The summed E-state index contributed by atoms with van der Waals surface area (Å²) in [6, 6.07) is 7.37. The number of amides is 1. The highest BCUT2D eigenvalue weighted by Gasteiger charge is 2.21. The molecule has 3 heterocycles. The Bertz CT molecular complexity index is 1070. The molecule has 8 nitrogen and oxygen atoms in total. The van der Waals surface area contributed by atoms with E-state index in [0.717, 1.165) is 29.7 Å². The van der Waals surface area contributed by atoms with Gasteiger partial charge in [0.2, 0.25) is 11.8 Å². The van der Waals surface area contributed by atoms with Gasteiger partial charge in [0.15, 0.2) is 5.76 Å². The normalized spacial score (nSPS) is 15.1. The predicted molar refractivity (Wildman–Crippen MR) is 114 cm³/mol. The molecule has 0 bridgehead atoms. The van der Waals surface area contributed by atoms with E-state index in [1.807, 2.05) is 26.0 Å². The fourth-order valence-electron chi connectivity index (χ4n) is 3.55. The first kappa shape index (κ1) is 20.7. The molecular formula is C23H25N3O5. The number of ether oxygens (including phenoxy) is 2. The van der Waals surface area contributed by atoms with Crippen molar-refractivity contribution >= 4 is 12.0 Å². The first-order valence-corrected chi connectivity index (χ1v) is 10.3. The van der Waals surface area contributed by atoms with Gasteiger partial charge in [0.1, 0.15) is 17.6 Å². The minimum Gasteiger partial charge on any atom is -0.496 e. The van der Waals surface area contributed by atoms with Crippen LogP contribution in [-0.4, -0.2) is 40.8 Å². The summed E-state index contributed by atoms with van der Waals surface area (Å²) in [5.74, 6) is 2.52. The Balaban J connectivity index is 1.49. The van der Waals surface area contributed by atoms with Crippen LogP contribution in [0.1, 0.15) is 37.3 Å². The average Bonchev–Trinajstić information content (AvgIpc) is 3.50. The van der Waals surface area contributed by atoms with Gasteiger partial charge in [0.25, 0.3) is 5.89 Å². The Morgan fingerprint density at radius 1 is 1.35 bits per heavy atom. The molecule has 2 aromatic heterocycles. The molecule has 3 aromatic rings. The van der Waals surface area contributed by atoms with Crippen molar-refractivity contribution in [3.63, 3.8) is 0 Å². The van der Waals surface area contributed by atoms with Crippen molar-refractivity contribution < 1.29 is 23.1 Å². The van der Waals surface area contributed by atoms with E-state index in [-0.39, 0.29) is 24.4 Å². The van der Waals surface area contributed by atoms with E-state index in [2.05, 4.69) is 10.2 Å². The number of methoxy groups -OCH3 is 1. The average molecular weight is 423 g/mol. The maximum Gasteiger partial charge on any atom is 0.283 e. The smallest absolute Gasteiger partial charge is 0.283 e. The number of hydrogen-bond acceptors (Lipinski definition) is 7. The molecule has 1 atom stereocenters. The van der Waals surface area contributed by atoms with Crippen LogP contribution >= 0.6 is 0 Å². The van der Waals surface area contributed by atoms with Crippen molar-refractivity contribution in [2.45, 2.75) is 39.3 Å². The monoisotopic (exact) mass is 423 g/mol. The number of benzene rings is 1. The summed E-state index contributed by atoms with van der Waals surface area (Å²) in [5, 5.41) is 8.03. The third kappa shape index (κ3) is 4.63. The number of furan rings is 1. The Kier molecular flexibility index (Phi) is 6.06. The molecule has 0 radical (unpaired) electrons. The lowest BCUT2D eigenvalue weighted by atomic mass is 10.1. The van der Waals surface area contributed by atoms with Gasteiger partial charge in [-0.05, 0) is 43.7 Å². The Morgan fingerprint density at radius 2 is 2.23 bits per heavy atom. The van der Waals surface area contributed by atoms with Gasteiger partial charge in [-0.1, -0.05) is 6.92 Å². The van der Waals surface area contributed by atoms with Gasteiger partial charge in [-0.25, -0.2) is 0 Å². The lowest BCUT2D eigenvalue weighted by Crippen LogP contribution is -2.29. The van der Waals surface area contributed by atoms with E-state index in [1.165, 1.54) is 12.3 Å². The summed E-state index contributed by atoms with van der Waals surface area (Å²) < 4.78 is 22.3. The summed E-state index contributed by atoms with van der Waals surface area (Å²) in [7, 11) is 1.62. The minimum atomic E-state index is -0.156. The van der Waals surface area contributed by atoms with Crippen LogP contribution in [0, 0.1) is 0 Å². The second kappa shape index (κ2) is 9.07. The van der Waals surface area contributed by atoms with E-state index >= 15 is 0 Å². The molecular weight excluding hydrogens is 398 g/mol. The van der Waals surface area contributed by atoms with Crippen LogP contribution in [0.3, 0.4) is 0 Å². The summed E-state index contributed by atoms with van der Waals surface area (Å²) in [6.07, 6.45) is 6.60. The highest BCUT2D eigenvalue weighted by molar-refractivity contribution is 5.92. The number of carbonyl (C=O) groups is 1. The largest absolute Gasteiger partial charge is 0.496 e. The zero-order chi connectivity index (χ0) is 21.8. The van der Waals surface area contributed by atoms with Crippen LogP contribution in [0.2, 0.25) is 0 Å². The Morgan fingerprint density at radius 3 is 2.97 bits per heavy atom. The highest BCUT2D eigenvalue weighted by atomic mass is 16.5. The molecule has 1 aliphatic heterocycles. The van der Waals surface area contributed by atoms with Crippen LogP contribution in [-0.2, 0) is 17.8 Å². The highest BCUT2D eigenvalue weighted by Crippen LogP contribution is 2.35. The lowest BCUT2D eigenvalue weighted by Gasteiger charge is -2.18. The van der Waals surface area contributed by atoms with Crippen molar-refractivity contribution in [2.24, 2.45) is 0 Å². The quantitative estimate of drug-likeness (QED) is 0.504. The van der Waals surface area contributed by atoms with Crippen LogP contribution in [0.4, 0.5) is 0 Å². The molecule has 1 unspecified atom stereocenters. The molecule has 0 aliphatic carbocycles. The minimum absolute atomic E-state index is 0.140. The van der Waals surface area contributed by atoms with E-state index in [0.29, 0.717) is 23.9 Å². The number of hydrogen-bond donors (Lipinski definition) is 0. The van der Waals surface area contributed by atoms with Crippen molar-refractivity contribution in [1.29, 1.82) is 0 Å². The van der Waals surface area contributed by atoms with Crippen LogP contribution in [0.15, 0.2) is 45.4 Å². The molecule has 0 spiro atoms. The van der Waals surface area contributed by atoms with Crippen molar-refractivity contribution in [3.8, 4) is 23.1 Å². The van der Waals surface area contributed by atoms with E-state index in [1.54, 1.807) is 30.2 Å². The molecule has 4 rings (SSSR count). The summed E-state index contributed by atoms with van der Waals surface area (Å²) in [6.45, 7) is 4.81. The van der Waals surface area contributed by atoms with Gasteiger partial charge in [0, 0.05) is 30.2 Å². The number of carbonyl (C=O) groups excluding carboxylic acids is 1. The zero-order valence-electron chi connectivity index (χ0n) is 17.8. The maximum atomic E-state index is 12.9. The topological polar surface area (TPSA) is 90.8 Å². The molecule has 1 amide bonds. The fraction of sp³-hybridized carbons (Fsp3) is 0.348. The first-order chi connectivity index (χ1) is 15.1. The van der Waals surface area contributed by atoms with Gasteiger partial charge in [-0.3, -0.25) is 4.79 Å². The van der Waals surface area contributed by atoms with Gasteiger partial charge >= 0.3 is 0 Å². The molecule has 0 saturated carbocycles. The predicted octanol–water partition coefficient (Wildman–Crippen LogP) is 4.11. The number of rotatable bonds is 8. The van der Waals surface area contributed by atoms with Crippen molar-refractivity contribution in [3.05, 3.63) is 53.6 Å². The van der Waals surface area contributed by atoms with E-state index in [9.17, 15) is 4.79 Å². The molecule has 0 fully saturated rings. The molecule has 31 heavy (non-hydrogen) atoms. The Hall–Kier alpha value is -3.55. The summed E-state index contributed by atoms with van der Waals surface area (Å²) >= 11 is 0. The van der Waals surface area contributed by atoms with Crippen LogP contribution in [0.5, 0.6) is 11.5 Å². The molecule has 162 valence electrons. The second-order valence-corrected chi connectivity index (χ2v) is 7.41. The third-order valence-corrected chi connectivity index (χ3v) is 4.98. The lowest BCUT2D eigenvalue weighted by molar-refractivity contribution is -0.126. The number of fused-ring (bicyclic) bond motifs is 1. The maximum absolute atomic E-state index is 12.9. The Labute approximate surface area is 180 Å². The van der Waals surface area contributed by atoms with Gasteiger partial charge in [-0.2, -0.15) is 0 Å². The molecule has 1 aromatic carbocycles. The van der Waals surface area contributed by atoms with Crippen molar-refractivity contribution in [1.82, 2.24) is 15.1 Å². The van der Waals surface area contributed by atoms with Crippen LogP contribution < -0.4 is 9.47 Å². The van der Waals surface area contributed by atoms with Gasteiger partial charge in [0.05, 0.1) is 19.9 Å². The SMILES string of the molecule is CCCN(Cc1nnc(-c2ccco2)o1)C(=O)C=Cc1cc2c(cc1OC)CC(C)O2. The van der Waals surface area contributed by atoms with Gasteiger partial charge in [-0.15, -0.1) is 10.2 Å². The van der Waals surface area contributed by atoms with Crippen molar-refractivity contribution in [2.75, 3.05) is 13.7 Å². The van der Waals surface area contributed by atoms with E-state index < -0.39 is 0 Å².